The third-order valence-corrected chi connectivity index (χ3v) is 8.10. The second-order valence-electron chi connectivity index (χ2n) is 7.80. The van der Waals surface area contributed by atoms with Gasteiger partial charge in [-0.3, -0.25) is 4.72 Å². The van der Waals surface area contributed by atoms with E-state index < -0.39 is 41.0 Å². The standard InChI is InChI=1S/C21H23ClN4O7S3/c1-3-4-10-23-36(32,33)19-12-18(25-24-16-9-8-13(34(28)29)11-15(16)22)20-14(21(19)27)6-5-7-17(20)26-35(2,30)31/h5-9,12,23,26-27H,3-4,10-11H2,1-2H3. The molecule has 0 fully saturated rings. The molecule has 0 unspecified atom stereocenters. The van der Waals surface area contributed by atoms with Gasteiger partial charge in [0.15, 0.2) is 0 Å². The Kier molecular flexibility index (Phi) is 8.56. The molecule has 11 nitrogen and oxygen atoms in total. The molecule has 1 aliphatic rings. The average Bonchev–Trinajstić information content (AvgIpc) is 2.78. The number of hydrogen-bond acceptors (Lipinski definition) is 9. The zero-order valence-electron chi connectivity index (χ0n) is 19.2. The van der Waals surface area contributed by atoms with E-state index in [1.54, 1.807) is 0 Å². The predicted molar refractivity (Wildman–Crippen MR) is 139 cm³/mol. The molecule has 2 aromatic carbocycles. The molecule has 0 spiro atoms. The third kappa shape index (κ3) is 6.50. The summed E-state index contributed by atoms with van der Waals surface area (Å²) in [7, 11) is -10.4. The van der Waals surface area contributed by atoms with Crippen LogP contribution in [-0.2, 0) is 30.3 Å². The highest BCUT2D eigenvalue weighted by Gasteiger charge is 2.24. The highest BCUT2D eigenvalue weighted by molar-refractivity contribution is 7.92. The summed E-state index contributed by atoms with van der Waals surface area (Å²) >= 11 is 6.17. The SMILES string of the molecule is CCCCNS(=O)(=O)c1cc(N=NC2=C(Cl)CC(=S(=O)=O)C=C2)c2c(NS(C)(=O)=O)cccc2c1O. The van der Waals surface area contributed by atoms with Gasteiger partial charge >= 0.3 is 0 Å². The van der Waals surface area contributed by atoms with E-state index in [2.05, 4.69) is 19.7 Å². The lowest BCUT2D eigenvalue weighted by Gasteiger charge is -2.15. The van der Waals surface area contributed by atoms with E-state index in [1.807, 2.05) is 6.92 Å². The number of phenols is 1. The van der Waals surface area contributed by atoms with Crippen molar-refractivity contribution in [2.75, 3.05) is 17.5 Å². The van der Waals surface area contributed by atoms with E-state index in [0.717, 1.165) is 18.7 Å². The van der Waals surface area contributed by atoms with Crippen LogP contribution in [0.4, 0.5) is 11.4 Å². The van der Waals surface area contributed by atoms with E-state index in [4.69, 9.17) is 11.6 Å². The van der Waals surface area contributed by atoms with Crippen molar-refractivity contribution in [2.45, 2.75) is 31.1 Å². The Morgan fingerprint density at radius 3 is 2.47 bits per heavy atom. The molecule has 15 heteroatoms. The molecule has 36 heavy (non-hydrogen) atoms. The summed E-state index contributed by atoms with van der Waals surface area (Å²) in [5.74, 6) is -0.586. The number of fused-ring (bicyclic) bond motifs is 1. The molecule has 0 bridgehead atoms. The first-order valence-corrected chi connectivity index (χ1v) is 15.4. The number of phenolic OH excluding ortho intramolecular Hbond substituents is 1. The fraction of sp³-hybridized carbons (Fsp3) is 0.286. The van der Waals surface area contributed by atoms with Crippen molar-refractivity contribution in [3.8, 4) is 5.75 Å². The topological polar surface area (TPSA) is 171 Å². The van der Waals surface area contributed by atoms with Crippen molar-refractivity contribution < 1.29 is 30.4 Å². The largest absolute Gasteiger partial charge is 0.506 e. The number of anilines is 1. The second kappa shape index (κ2) is 11.1. The number of hydrogen-bond donors (Lipinski definition) is 3. The number of halogens is 1. The molecule has 2 aromatic rings. The Bertz CT molecular complexity index is 1650. The summed E-state index contributed by atoms with van der Waals surface area (Å²) in [6.07, 6.45) is 4.81. The van der Waals surface area contributed by atoms with Crippen LogP contribution in [0.15, 0.2) is 62.3 Å². The molecule has 0 saturated heterocycles. The van der Waals surface area contributed by atoms with Crippen molar-refractivity contribution in [3.63, 3.8) is 0 Å². The zero-order chi connectivity index (χ0) is 26.7. The number of rotatable bonds is 9. The molecular weight excluding hydrogens is 552 g/mol. The van der Waals surface area contributed by atoms with Crippen LogP contribution in [0.25, 0.3) is 10.8 Å². The average molecular weight is 575 g/mol. The number of azo groups is 1. The third-order valence-electron chi connectivity index (χ3n) is 5.00. The lowest BCUT2D eigenvalue weighted by Crippen LogP contribution is -2.24. The lowest BCUT2D eigenvalue weighted by molar-refractivity contribution is 0.464. The van der Waals surface area contributed by atoms with E-state index in [1.165, 1.54) is 30.4 Å². The Morgan fingerprint density at radius 1 is 1.14 bits per heavy atom. The first-order chi connectivity index (χ1) is 16.8. The molecule has 0 amide bonds. The molecule has 0 aliphatic heterocycles. The lowest BCUT2D eigenvalue weighted by atomic mass is 10.1. The van der Waals surface area contributed by atoms with Crippen LogP contribution in [0.1, 0.15) is 26.2 Å². The van der Waals surface area contributed by atoms with Gasteiger partial charge in [0.05, 0.1) is 27.5 Å². The molecular formula is C21H23ClN4O7S3. The van der Waals surface area contributed by atoms with Gasteiger partial charge in [-0.1, -0.05) is 37.1 Å². The summed E-state index contributed by atoms with van der Waals surface area (Å²) in [5, 5.41) is 19.2. The summed E-state index contributed by atoms with van der Waals surface area (Å²) < 4.78 is 76.8. The molecule has 0 saturated carbocycles. The van der Waals surface area contributed by atoms with Crippen molar-refractivity contribution in [3.05, 3.63) is 47.1 Å². The van der Waals surface area contributed by atoms with Gasteiger partial charge in [-0.05, 0) is 30.7 Å². The van der Waals surface area contributed by atoms with Crippen LogP contribution < -0.4 is 9.44 Å². The van der Waals surface area contributed by atoms with E-state index >= 15 is 0 Å². The summed E-state index contributed by atoms with van der Waals surface area (Å²) in [6.45, 7) is 2.04. The van der Waals surface area contributed by atoms with Gasteiger partial charge in [0, 0.05) is 23.7 Å². The van der Waals surface area contributed by atoms with Gasteiger partial charge in [0.2, 0.25) is 30.3 Å². The molecule has 194 valence electrons. The van der Waals surface area contributed by atoms with Crippen molar-refractivity contribution in [1.82, 2.24) is 4.72 Å². The number of nitrogens with zero attached hydrogens (tertiary/aromatic N) is 2. The molecule has 1 aliphatic carbocycles. The summed E-state index contributed by atoms with van der Waals surface area (Å²) in [5.41, 5.74) is 0.0999. The molecule has 3 N–H and O–H groups in total. The number of sulfonamides is 2. The van der Waals surface area contributed by atoms with E-state index in [0.29, 0.717) is 6.42 Å². The number of aromatic hydroxyl groups is 1. The minimum atomic E-state index is -4.16. The minimum absolute atomic E-state index is 0.0209. The maximum atomic E-state index is 12.9. The number of nitrogens with one attached hydrogen (secondary N) is 2. The van der Waals surface area contributed by atoms with Gasteiger partial charge < -0.3 is 5.11 Å². The van der Waals surface area contributed by atoms with Crippen LogP contribution in [0, 0.1) is 0 Å². The Hall–Kier alpha value is -2.78. The van der Waals surface area contributed by atoms with Crippen molar-refractivity contribution >= 4 is 69.0 Å². The first-order valence-electron chi connectivity index (χ1n) is 10.5. The van der Waals surface area contributed by atoms with Gasteiger partial charge in [-0.25, -0.2) is 21.6 Å². The van der Waals surface area contributed by atoms with E-state index in [-0.39, 0.29) is 50.7 Å². The van der Waals surface area contributed by atoms with Crippen LogP contribution >= 0.6 is 11.6 Å². The normalized spacial score (nSPS) is 14.7. The van der Waals surface area contributed by atoms with Gasteiger partial charge in [0.25, 0.3) is 0 Å². The molecule has 0 heterocycles. The smallest absolute Gasteiger partial charge is 0.244 e. The predicted octanol–water partition coefficient (Wildman–Crippen LogP) is 3.54. The monoisotopic (exact) mass is 574 g/mol. The van der Waals surface area contributed by atoms with Crippen molar-refractivity contribution in [2.24, 2.45) is 10.2 Å². The fourth-order valence-corrected chi connectivity index (χ4v) is 5.86. The van der Waals surface area contributed by atoms with Crippen LogP contribution in [0.5, 0.6) is 5.75 Å². The maximum Gasteiger partial charge on any atom is 0.244 e. The zero-order valence-corrected chi connectivity index (χ0v) is 22.4. The quantitative estimate of drug-likeness (QED) is 0.233. The van der Waals surface area contributed by atoms with Crippen LogP contribution in [0.2, 0.25) is 0 Å². The van der Waals surface area contributed by atoms with Crippen LogP contribution in [0.3, 0.4) is 0 Å². The fourth-order valence-electron chi connectivity index (χ4n) is 3.33. The molecule has 3 rings (SSSR count). The molecule has 0 radical (unpaired) electrons. The number of benzene rings is 2. The summed E-state index contributed by atoms with van der Waals surface area (Å²) in [4.78, 5) is -0.409. The van der Waals surface area contributed by atoms with Crippen molar-refractivity contribution in [1.29, 1.82) is 0 Å². The molecule has 0 atom stereocenters. The Labute approximate surface area is 215 Å². The highest BCUT2D eigenvalue weighted by atomic mass is 35.5. The number of allylic oxidation sites excluding steroid dienone is 3. The first kappa shape index (κ1) is 27.8. The Balaban J connectivity index is 2.24. The number of unbranched alkanes of at least 4 members (excludes halogenated alkanes) is 1. The van der Waals surface area contributed by atoms with E-state index in [9.17, 15) is 30.4 Å². The maximum absolute atomic E-state index is 12.9. The second-order valence-corrected chi connectivity index (χ2v) is 12.7. The summed E-state index contributed by atoms with van der Waals surface area (Å²) in [6, 6.07) is 5.36. The molecule has 0 aromatic heterocycles. The highest BCUT2D eigenvalue weighted by Crippen LogP contribution is 2.42. The van der Waals surface area contributed by atoms with Crippen LogP contribution in [-0.4, -0.2) is 48.0 Å². The van der Waals surface area contributed by atoms with Gasteiger partial charge in [-0.2, -0.15) is 8.42 Å². The van der Waals surface area contributed by atoms with Gasteiger partial charge in [-0.15, -0.1) is 10.2 Å². The Morgan fingerprint density at radius 2 is 1.86 bits per heavy atom. The minimum Gasteiger partial charge on any atom is -0.506 e. The van der Waals surface area contributed by atoms with Gasteiger partial charge in [0.1, 0.15) is 16.3 Å².